The molecule has 7 heteroatoms. The van der Waals surface area contributed by atoms with Crippen LogP contribution in [-0.4, -0.2) is 25.8 Å². The fourth-order valence-electron chi connectivity index (χ4n) is 1.59. The third-order valence-electron chi connectivity index (χ3n) is 2.98. The smallest absolute Gasteiger partial charge is 0.243 e. The third-order valence-corrected chi connectivity index (χ3v) is 5.08. The van der Waals surface area contributed by atoms with Crippen molar-refractivity contribution in [2.75, 3.05) is 12.8 Å². The lowest BCUT2D eigenvalue weighted by Crippen LogP contribution is -2.35. The zero-order valence-corrected chi connectivity index (χ0v) is 11.8. The van der Waals surface area contributed by atoms with Crippen molar-refractivity contribution in [2.45, 2.75) is 31.2 Å². The molecule has 1 aromatic rings. The molecular weight excluding hydrogens is 269 g/mol. The second kappa shape index (κ2) is 5.55. The van der Waals surface area contributed by atoms with E-state index in [0.717, 1.165) is 10.4 Å². The van der Waals surface area contributed by atoms with Gasteiger partial charge in [0, 0.05) is 24.3 Å². The van der Waals surface area contributed by atoms with Crippen LogP contribution in [0.25, 0.3) is 0 Å². The highest BCUT2D eigenvalue weighted by molar-refractivity contribution is 7.89. The van der Waals surface area contributed by atoms with Crippen LogP contribution in [0.1, 0.15) is 18.9 Å². The summed E-state index contributed by atoms with van der Waals surface area (Å²) in [5, 5.41) is 8.61. The monoisotopic (exact) mass is 285 g/mol. The molecule has 0 saturated heterocycles. The van der Waals surface area contributed by atoms with Crippen molar-refractivity contribution in [3.05, 3.63) is 23.5 Å². The Morgan fingerprint density at radius 1 is 1.53 bits per heavy atom. The minimum absolute atomic E-state index is 0.0187. The predicted molar refractivity (Wildman–Crippen MR) is 70.2 cm³/mol. The van der Waals surface area contributed by atoms with Gasteiger partial charge in [0.1, 0.15) is 5.82 Å². The summed E-state index contributed by atoms with van der Waals surface area (Å²) >= 11 is 0. The van der Waals surface area contributed by atoms with Gasteiger partial charge in [-0.1, -0.05) is 0 Å². The molecule has 5 nitrogen and oxygen atoms in total. The average Bonchev–Trinajstić information content (AvgIpc) is 2.32. The maximum Gasteiger partial charge on any atom is 0.243 e. The molecule has 2 N–H and O–H groups in total. The lowest BCUT2D eigenvalue weighted by atomic mass is 10.2. The maximum absolute atomic E-state index is 13.6. The van der Waals surface area contributed by atoms with Crippen molar-refractivity contribution in [2.24, 2.45) is 0 Å². The molecule has 0 radical (unpaired) electrons. The van der Waals surface area contributed by atoms with Gasteiger partial charge in [-0.25, -0.2) is 12.8 Å². The second-order valence-electron chi connectivity index (χ2n) is 4.36. The quantitative estimate of drug-likeness (QED) is 0.852. The number of nitrogens with zero attached hydrogens (tertiary/aromatic N) is 2. The van der Waals surface area contributed by atoms with Gasteiger partial charge in [0.25, 0.3) is 0 Å². The Hall–Kier alpha value is -1.65. The number of nitriles is 1. The number of anilines is 1. The van der Waals surface area contributed by atoms with Crippen molar-refractivity contribution in [3.63, 3.8) is 0 Å². The molecule has 19 heavy (non-hydrogen) atoms. The fraction of sp³-hybridized carbons (Fsp3) is 0.417. The van der Waals surface area contributed by atoms with Gasteiger partial charge in [-0.2, -0.15) is 9.57 Å². The van der Waals surface area contributed by atoms with Gasteiger partial charge in [0.2, 0.25) is 10.0 Å². The number of sulfonamides is 1. The molecule has 0 aliphatic rings. The summed E-state index contributed by atoms with van der Waals surface area (Å²) in [7, 11) is -2.51. The second-order valence-corrected chi connectivity index (χ2v) is 6.32. The molecule has 0 spiro atoms. The summed E-state index contributed by atoms with van der Waals surface area (Å²) < 4.78 is 39.4. The summed E-state index contributed by atoms with van der Waals surface area (Å²) in [6.45, 7) is 2.99. The molecule has 0 aliphatic carbocycles. The molecule has 1 aromatic carbocycles. The van der Waals surface area contributed by atoms with E-state index in [1.54, 1.807) is 6.92 Å². The molecule has 1 unspecified atom stereocenters. The number of hydrogen-bond acceptors (Lipinski definition) is 4. The molecule has 0 bridgehead atoms. The van der Waals surface area contributed by atoms with Crippen LogP contribution in [0.4, 0.5) is 10.1 Å². The van der Waals surface area contributed by atoms with Gasteiger partial charge in [-0.3, -0.25) is 0 Å². The van der Waals surface area contributed by atoms with Crippen LogP contribution in [0.15, 0.2) is 17.0 Å². The highest BCUT2D eigenvalue weighted by Gasteiger charge is 2.28. The van der Waals surface area contributed by atoms with E-state index >= 15 is 0 Å². The summed E-state index contributed by atoms with van der Waals surface area (Å²) in [4.78, 5) is -0.169. The zero-order valence-electron chi connectivity index (χ0n) is 11.0. The van der Waals surface area contributed by atoms with Crippen molar-refractivity contribution in [1.82, 2.24) is 4.31 Å². The molecule has 104 valence electrons. The van der Waals surface area contributed by atoms with E-state index in [1.165, 1.54) is 20.0 Å². The van der Waals surface area contributed by atoms with Crippen LogP contribution >= 0.6 is 0 Å². The SMILES string of the molecule is Cc1c(F)cc(N)cc1S(=O)(=O)N(C)C(C)CC#N. The predicted octanol–water partition coefficient (Wildman–Crippen LogP) is 1.64. The molecule has 0 heterocycles. The van der Waals surface area contributed by atoms with Crippen molar-refractivity contribution < 1.29 is 12.8 Å². The first kappa shape index (κ1) is 15.4. The molecule has 0 fully saturated rings. The van der Waals surface area contributed by atoms with Crippen LogP contribution in [-0.2, 0) is 10.0 Å². The number of rotatable bonds is 4. The largest absolute Gasteiger partial charge is 0.399 e. The van der Waals surface area contributed by atoms with E-state index in [1.807, 2.05) is 6.07 Å². The highest BCUT2D eigenvalue weighted by Crippen LogP contribution is 2.25. The number of hydrogen-bond donors (Lipinski definition) is 1. The summed E-state index contributed by atoms with van der Waals surface area (Å²) in [6, 6.07) is 3.71. The van der Waals surface area contributed by atoms with E-state index in [-0.39, 0.29) is 22.6 Å². The highest BCUT2D eigenvalue weighted by atomic mass is 32.2. The summed E-state index contributed by atoms with van der Waals surface area (Å²) in [5.41, 5.74) is 5.55. The van der Waals surface area contributed by atoms with E-state index in [9.17, 15) is 12.8 Å². The van der Waals surface area contributed by atoms with Gasteiger partial charge in [0.15, 0.2) is 0 Å². The first-order valence-corrected chi connectivity index (χ1v) is 7.06. The number of nitrogen functional groups attached to an aromatic ring is 1. The van der Waals surface area contributed by atoms with Crippen LogP contribution in [0.5, 0.6) is 0 Å². The van der Waals surface area contributed by atoms with Crippen LogP contribution in [0.2, 0.25) is 0 Å². The molecular formula is C12H16FN3O2S. The Labute approximate surface area is 112 Å². The fourth-order valence-corrected chi connectivity index (χ4v) is 3.22. The van der Waals surface area contributed by atoms with E-state index < -0.39 is 21.9 Å². The Bertz CT molecular complexity index is 623. The Kier molecular flexibility index (Phi) is 4.50. The summed E-state index contributed by atoms with van der Waals surface area (Å²) in [6.07, 6.45) is 0.0551. The average molecular weight is 285 g/mol. The molecule has 1 atom stereocenters. The number of nitrogens with two attached hydrogens (primary N) is 1. The Morgan fingerprint density at radius 2 is 2.11 bits per heavy atom. The lowest BCUT2D eigenvalue weighted by molar-refractivity contribution is 0.392. The van der Waals surface area contributed by atoms with Crippen molar-refractivity contribution in [3.8, 4) is 6.07 Å². The van der Waals surface area contributed by atoms with E-state index in [4.69, 9.17) is 11.0 Å². The summed E-state index contributed by atoms with van der Waals surface area (Å²) in [5.74, 6) is -0.667. The van der Waals surface area contributed by atoms with Crippen LogP contribution in [0, 0.1) is 24.1 Å². The van der Waals surface area contributed by atoms with Gasteiger partial charge < -0.3 is 5.73 Å². The van der Waals surface area contributed by atoms with Crippen LogP contribution in [0.3, 0.4) is 0 Å². The normalized spacial score (nSPS) is 13.3. The van der Waals surface area contributed by atoms with Crippen molar-refractivity contribution >= 4 is 15.7 Å². The molecule has 1 rings (SSSR count). The third kappa shape index (κ3) is 3.03. The first-order chi connectivity index (χ1) is 8.71. The number of halogens is 1. The molecule has 0 amide bonds. The Morgan fingerprint density at radius 3 is 2.63 bits per heavy atom. The van der Waals surface area contributed by atoms with Crippen LogP contribution < -0.4 is 5.73 Å². The molecule has 0 aromatic heterocycles. The first-order valence-electron chi connectivity index (χ1n) is 5.62. The lowest BCUT2D eigenvalue weighted by Gasteiger charge is -2.23. The van der Waals surface area contributed by atoms with E-state index in [0.29, 0.717) is 0 Å². The van der Waals surface area contributed by atoms with Crippen molar-refractivity contribution in [1.29, 1.82) is 5.26 Å². The minimum atomic E-state index is -3.87. The molecule has 0 aliphatic heterocycles. The zero-order chi connectivity index (χ0) is 14.8. The Balaban J connectivity index is 3.33. The van der Waals surface area contributed by atoms with E-state index in [2.05, 4.69) is 0 Å². The van der Waals surface area contributed by atoms with Gasteiger partial charge >= 0.3 is 0 Å². The maximum atomic E-state index is 13.6. The number of benzene rings is 1. The topological polar surface area (TPSA) is 87.2 Å². The van der Waals surface area contributed by atoms with Gasteiger partial charge in [-0.15, -0.1) is 0 Å². The minimum Gasteiger partial charge on any atom is -0.399 e. The van der Waals surface area contributed by atoms with Gasteiger partial charge in [-0.05, 0) is 26.0 Å². The van der Waals surface area contributed by atoms with Gasteiger partial charge in [0.05, 0.1) is 17.4 Å². The standard InChI is InChI=1S/C12H16FN3O2S/c1-8(4-5-14)16(3)19(17,18)12-7-10(15)6-11(13)9(12)2/h6-8H,4,15H2,1-3H3. The molecule has 0 saturated carbocycles.